The van der Waals surface area contributed by atoms with Crippen LogP contribution >= 0.6 is 24.0 Å². The largest absolute Gasteiger partial charge is 0.496 e. The van der Waals surface area contributed by atoms with Crippen molar-refractivity contribution in [3.63, 3.8) is 0 Å². The minimum atomic E-state index is -0.123. The molecule has 0 saturated carbocycles. The molecule has 0 aromatic heterocycles. The average molecular weight is 335 g/mol. The Kier molecular flexibility index (Phi) is 9.42. The van der Waals surface area contributed by atoms with E-state index in [-0.39, 0.29) is 24.4 Å². The molecule has 0 aliphatic heterocycles. The molecule has 1 atom stereocenters. The van der Waals surface area contributed by atoms with Gasteiger partial charge >= 0.3 is 0 Å². The van der Waals surface area contributed by atoms with Crippen molar-refractivity contribution in [3.8, 4) is 5.75 Å². The van der Waals surface area contributed by atoms with Crippen molar-refractivity contribution >= 4 is 29.9 Å². The Bertz CT molecular complexity index is 453. The van der Waals surface area contributed by atoms with Gasteiger partial charge in [-0.25, -0.2) is 0 Å². The highest BCUT2D eigenvalue weighted by Gasteiger charge is 2.20. The molecule has 0 radical (unpaired) electrons. The topological polar surface area (TPSA) is 64.3 Å². The first kappa shape index (κ1) is 20.0. The highest BCUT2D eigenvalue weighted by atomic mass is 35.5. The molecule has 3 N–H and O–H groups in total. The summed E-state index contributed by atoms with van der Waals surface area (Å²) in [4.78, 5) is 11.8. The van der Waals surface area contributed by atoms with Crippen LogP contribution < -0.4 is 15.8 Å². The Hall–Kier alpha value is -0.970. The molecule has 21 heavy (non-hydrogen) atoms. The molecule has 0 fully saturated rings. The van der Waals surface area contributed by atoms with Crippen molar-refractivity contribution in [2.24, 2.45) is 11.7 Å². The average Bonchev–Trinajstić information content (AvgIpc) is 2.37. The molecule has 0 spiro atoms. The summed E-state index contributed by atoms with van der Waals surface area (Å²) in [5, 5.41) is 3.64. The fraction of sp³-hybridized carbons (Fsp3) is 0.533. The third-order valence-corrected chi connectivity index (χ3v) is 3.22. The molecule has 1 amide bonds. The molecule has 6 heteroatoms. The summed E-state index contributed by atoms with van der Waals surface area (Å²) in [6.07, 6.45) is 1.13. The standard InChI is InChI=1S/C15H23ClN2O2.ClH/c1-10(2)8-13(18-15(19)6-7-17)12-9-11(16)4-5-14(12)20-3;/h4-5,9-10,13H,6-8,17H2,1-3H3,(H,18,19);1H. The van der Waals surface area contributed by atoms with Crippen LogP contribution in [0.25, 0.3) is 0 Å². The normalized spacial score (nSPS) is 11.7. The molecule has 4 nitrogen and oxygen atoms in total. The molecule has 0 bridgehead atoms. The number of amides is 1. The number of hydrogen-bond donors (Lipinski definition) is 2. The van der Waals surface area contributed by atoms with E-state index in [1.54, 1.807) is 13.2 Å². The number of rotatable bonds is 7. The highest BCUT2D eigenvalue weighted by Crippen LogP contribution is 2.31. The van der Waals surface area contributed by atoms with E-state index < -0.39 is 0 Å². The van der Waals surface area contributed by atoms with Crippen LogP contribution in [0.2, 0.25) is 5.02 Å². The summed E-state index contributed by atoms with van der Waals surface area (Å²) < 4.78 is 5.37. The van der Waals surface area contributed by atoms with E-state index in [1.165, 1.54) is 0 Å². The van der Waals surface area contributed by atoms with Crippen LogP contribution in [0.4, 0.5) is 0 Å². The maximum absolute atomic E-state index is 11.8. The van der Waals surface area contributed by atoms with Crippen LogP contribution in [0.3, 0.4) is 0 Å². The number of benzene rings is 1. The van der Waals surface area contributed by atoms with E-state index in [0.717, 1.165) is 17.7 Å². The molecule has 0 aliphatic rings. The molecule has 0 aliphatic carbocycles. The van der Waals surface area contributed by atoms with E-state index in [4.69, 9.17) is 22.1 Å². The van der Waals surface area contributed by atoms with Crippen molar-refractivity contribution in [1.29, 1.82) is 0 Å². The second-order valence-electron chi connectivity index (χ2n) is 5.17. The first-order chi connectivity index (χ1) is 9.47. The van der Waals surface area contributed by atoms with Gasteiger partial charge in [-0.15, -0.1) is 12.4 Å². The highest BCUT2D eigenvalue weighted by molar-refractivity contribution is 6.30. The van der Waals surface area contributed by atoms with Crippen molar-refractivity contribution in [1.82, 2.24) is 5.32 Å². The first-order valence-electron chi connectivity index (χ1n) is 6.80. The molecule has 0 heterocycles. The number of halogens is 2. The zero-order chi connectivity index (χ0) is 15.1. The molecule has 1 aromatic carbocycles. The SMILES string of the molecule is COc1ccc(Cl)cc1C(CC(C)C)NC(=O)CCN.Cl. The molecular weight excluding hydrogens is 311 g/mol. The Morgan fingerprint density at radius 3 is 2.62 bits per heavy atom. The van der Waals surface area contributed by atoms with Gasteiger partial charge in [0.25, 0.3) is 0 Å². The lowest BCUT2D eigenvalue weighted by molar-refractivity contribution is -0.121. The molecule has 0 saturated heterocycles. The summed E-state index contributed by atoms with van der Waals surface area (Å²) in [7, 11) is 1.61. The van der Waals surface area contributed by atoms with Crippen LogP contribution in [0.1, 0.15) is 38.3 Å². The molecule has 1 aromatic rings. The maximum atomic E-state index is 11.8. The minimum Gasteiger partial charge on any atom is -0.496 e. The number of hydrogen-bond acceptors (Lipinski definition) is 3. The van der Waals surface area contributed by atoms with Crippen LogP contribution in [0.5, 0.6) is 5.75 Å². The third kappa shape index (κ3) is 6.55. The first-order valence-corrected chi connectivity index (χ1v) is 7.18. The zero-order valence-corrected chi connectivity index (χ0v) is 14.3. The number of carbonyl (C=O) groups is 1. The van der Waals surface area contributed by atoms with Crippen molar-refractivity contribution in [2.75, 3.05) is 13.7 Å². The Labute approximate surface area is 137 Å². The molecule has 1 unspecified atom stereocenters. The van der Waals surface area contributed by atoms with E-state index in [1.807, 2.05) is 12.1 Å². The van der Waals surface area contributed by atoms with Gasteiger partial charge in [0.1, 0.15) is 5.75 Å². The van der Waals surface area contributed by atoms with Crippen LogP contribution in [-0.2, 0) is 4.79 Å². The van der Waals surface area contributed by atoms with E-state index in [2.05, 4.69) is 19.2 Å². The molecule has 120 valence electrons. The lowest BCUT2D eigenvalue weighted by Crippen LogP contribution is -2.31. The smallest absolute Gasteiger partial charge is 0.221 e. The molecular formula is C15H24Cl2N2O2. The Balaban J connectivity index is 0.00000400. The summed E-state index contributed by atoms with van der Waals surface area (Å²) in [6, 6.07) is 5.32. The van der Waals surface area contributed by atoms with Gasteiger partial charge in [0.2, 0.25) is 5.91 Å². The van der Waals surface area contributed by atoms with Gasteiger partial charge in [0.15, 0.2) is 0 Å². The van der Waals surface area contributed by atoms with Gasteiger partial charge in [-0.3, -0.25) is 4.79 Å². The fourth-order valence-corrected chi connectivity index (χ4v) is 2.29. The minimum absolute atomic E-state index is 0. The number of carbonyl (C=O) groups excluding carboxylic acids is 1. The number of nitrogens with two attached hydrogens (primary N) is 1. The summed E-state index contributed by atoms with van der Waals surface area (Å²) >= 11 is 6.06. The third-order valence-electron chi connectivity index (χ3n) is 2.98. The molecule has 1 rings (SSSR count). The summed E-state index contributed by atoms with van der Waals surface area (Å²) in [6.45, 7) is 4.56. The lowest BCUT2D eigenvalue weighted by atomic mass is 9.96. The quantitative estimate of drug-likeness (QED) is 0.803. The van der Waals surface area contributed by atoms with E-state index in [9.17, 15) is 4.79 Å². The Morgan fingerprint density at radius 2 is 2.10 bits per heavy atom. The van der Waals surface area contributed by atoms with E-state index >= 15 is 0 Å². The van der Waals surface area contributed by atoms with Crippen molar-refractivity contribution in [3.05, 3.63) is 28.8 Å². The van der Waals surface area contributed by atoms with Gasteiger partial charge in [-0.2, -0.15) is 0 Å². The summed E-state index contributed by atoms with van der Waals surface area (Å²) in [5.74, 6) is 1.11. The predicted octanol–water partition coefficient (Wildman–Crippen LogP) is 3.32. The predicted molar refractivity (Wildman–Crippen MR) is 89.3 cm³/mol. The van der Waals surface area contributed by atoms with Crippen LogP contribution in [0.15, 0.2) is 18.2 Å². The Morgan fingerprint density at radius 1 is 1.43 bits per heavy atom. The van der Waals surface area contributed by atoms with Crippen LogP contribution in [0, 0.1) is 5.92 Å². The monoisotopic (exact) mass is 334 g/mol. The second kappa shape index (κ2) is 9.87. The van der Waals surface area contributed by atoms with Crippen molar-refractivity contribution < 1.29 is 9.53 Å². The van der Waals surface area contributed by atoms with Gasteiger partial charge in [0, 0.05) is 23.6 Å². The second-order valence-corrected chi connectivity index (χ2v) is 5.61. The van der Waals surface area contributed by atoms with Crippen LogP contribution in [-0.4, -0.2) is 19.6 Å². The van der Waals surface area contributed by atoms with Gasteiger partial charge in [-0.05, 0) is 30.5 Å². The van der Waals surface area contributed by atoms with Gasteiger partial charge in [-0.1, -0.05) is 25.4 Å². The van der Waals surface area contributed by atoms with Crippen molar-refractivity contribution in [2.45, 2.75) is 32.7 Å². The van der Waals surface area contributed by atoms with Gasteiger partial charge in [0.05, 0.1) is 13.2 Å². The number of methoxy groups -OCH3 is 1. The fourth-order valence-electron chi connectivity index (χ4n) is 2.11. The summed E-state index contributed by atoms with van der Waals surface area (Å²) in [5.41, 5.74) is 6.32. The lowest BCUT2D eigenvalue weighted by Gasteiger charge is -2.23. The van der Waals surface area contributed by atoms with E-state index in [0.29, 0.717) is 23.9 Å². The maximum Gasteiger partial charge on any atom is 0.221 e. The number of nitrogens with one attached hydrogen (secondary N) is 1. The van der Waals surface area contributed by atoms with Gasteiger partial charge < -0.3 is 15.8 Å². The zero-order valence-electron chi connectivity index (χ0n) is 12.7. The number of ether oxygens (including phenoxy) is 1.